The van der Waals surface area contributed by atoms with Gasteiger partial charge in [-0.25, -0.2) is 9.97 Å². The molecular weight excluding hydrogens is 442 g/mol. The summed E-state index contributed by atoms with van der Waals surface area (Å²) < 4.78 is 5.17. The summed E-state index contributed by atoms with van der Waals surface area (Å²) in [7, 11) is 1.62. The number of ether oxygens (including phenoxy) is 1. The summed E-state index contributed by atoms with van der Waals surface area (Å²) >= 11 is 4.73. The van der Waals surface area contributed by atoms with Crippen molar-refractivity contribution in [1.29, 1.82) is 0 Å². The number of ketones is 2. The van der Waals surface area contributed by atoms with Crippen molar-refractivity contribution in [2.45, 2.75) is 31.6 Å². The number of fused-ring (bicyclic) bond motifs is 1. The number of carbonyl (C=O) groups is 2. The number of alkyl halides is 1. The van der Waals surface area contributed by atoms with E-state index in [1.807, 2.05) is 37.3 Å². The topological polar surface area (TPSA) is 81.2 Å². The third kappa shape index (κ3) is 4.39. The first-order chi connectivity index (χ1) is 13.4. The lowest BCUT2D eigenvalue weighted by Gasteiger charge is -2.12. The number of anilines is 1. The molecule has 0 amide bonds. The molecule has 0 radical (unpaired) electrons. The van der Waals surface area contributed by atoms with Gasteiger partial charge in [0, 0.05) is 17.8 Å². The van der Waals surface area contributed by atoms with E-state index in [0.29, 0.717) is 17.9 Å². The molecule has 6 nitrogen and oxygen atoms in total. The molecule has 1 N–H and O–H groups in total. The molecule has 0 aliphatic carbocycles. The highest BCUT2D eigenvalue weighted by Gasteiger charge is 2.28. The van der Waals surface area contributed by atoms with Crippen LogP contribution in [0.3, 0.4) is 0 Å². The van der Waals surface area contributed by atoms with Crippen LogP contribution in [0.4, 0.5) is 5.82 Å². The van der Waals surface area contributed by atoms with Crippen molar-refractivity contribution in [3.05, 3.63) is 46.5 Å². The maximum absolute atomic E-state index is 12.9. The van der Waals surface area contributed by atoms with E-state index in [4.69, 9.17) is 4.74 Å². The second-order valence-corrected chi connectivity index (χ2v) is 8.37. The molecule has 1 aromatic carbocycles. The van der Waals surface area contributed by atoms with Crippen LogP contribution in [0.25, 0.3) is 10.3 Å². The predicted molar refractivity (Wildman–Crippen MR) is 115 cm³/mol. The van der Waals surface area contributed by atoms with Crippen LogP contribution in [0.1, 0.15) is 34.3 Å². The summed E-state index contributed by atoms with van der Waals surface area (Å²) in [6.07, 6.45) is 0.267. The van der Waals surface area contributed by atoms with Crippen LogP contribution in [0, 0.1) is 6.92 Å². The van der Waals surface area contributed by atoms with Crippen molar-refractivity contribution < 1.29 is 14.3 Å². The zero-order valence-electron chi connectivity index (χ0n) is 15.8. The average molecular weight is 462 g/mol. The summed E-state index contributed by atoms with van der Waals surface area (Å²) in [6, 6.07) is 9.50. The van der Waals surface area contributed by atoms with Crippen LogP contribution in [0.5, 0.6) is 5.75 Å². The maximum atomic E-state index is 12.9. The van der Waals surface area contributed by atoms with Crippen LogP contribution in [-0.4, -0.2) is 33.5 Å². The van der Waals surface area contributed by atoms with Gasteiger partial charge in [0.2, 0.25) is 5.78 Å². The minimum atomic E-state index is -0.925. The molecule has 3 rings (SSSR count). The lowest BCUT2D eigenvalue weighted by atomic mass is 10.1. The van der Waals surface area contributed by atoms with Gasteiger partial charge >= 0.3 is 0 Å². The maximum Gasteiger partial charge on any atom is 0.206 e. The fourth-order valence-electron chi connectivity index (χ4n) is 2.65. The lowest BCUT2D eigenvalue weighted by molar-refractivity contribution is -0.117. The van der Waals surface area contributed by atoms with Gasteiger partial charge < -0.3 is 10.1 Å². The van der Waals surface area contributed by atoms with Crippen molar-refractivity contribution in [3.63, 3.8) is 0 Å². The standard InChI is InChI=1S/C20H20BrN3O3S/c1-4-15(25)16(21)18(26)17-19(24-20-14(23-17)9-11(2)28-20)22-10-12-5-7-13(27-3)8-6-12/h5-9,16H,4,10H2,1-3H3,(H,22,24). The van der Waals surface area contributed by atoms with E-state index in [0.717, 1.165) is 21.0 Å². The first-order valence-corrected chi connectivity index (χ1v) is 10.5. The molecule has 1 atom stereocenters. The van der Waals surface area contributed by atoms with Crippen molar-refractivity contribution in [2.24, 2.45) is 0 Å². The highest BCUT2D eigenvalue weighted by Crippen LogP contribution is 2.27. The molecule has 28 heavy (non-hydrogen) atoms. The number of nitrogens with zero attached hydrogens (tertiary/aromatic N) is 2. The Morgan fingerprint density at radius 1 is 1.25 bits per heavy atom. The summed E-state index contributed by atoms with van der Waals surface area (Å²) in [5.74, 6) is 0.579. The fourth-order valence-corrected chi connectivity index (χ4v) is 4.01. The van der Waals surface area contributed by atoms with E-state index in [9.17, 15) is 9.59 Å². The first-order valence-electron chi connectivity index (χ1n) is 8.79. The van der Waals surface area contributed by atoms with Gasteiger partial charge in [-0.1, -0.05) is 35.0 Å². The van der Waals surface area contributed by atoms with Gasteiger partial charge in [-0.3, -0.25) is 9.59 Å². The molecule has 0 saturated carbocycles. The van der Waals surface area contributed by atoms with Crippen LogP contribution < -0.4 is 10.1 Å². The molecule has 0 spiro atoms. The number of aromatic nitrogens is 2. The molecule has 8 heteroatoms. The Hall–Kier alpha value is -2.32. The van der Waals surface area contributed by atoms with Crippen molar-refractivity contribution in [3.8, 4) is 5.75 Å². The molecule has 3 aromatic rings. The van der Waals surface area contributed by atoms with Crippen molar-refractivity contribution in [2.75, 3.05) is 12.4 Å². The Bertz CT molecular complexity index is 1020. The Morgan fingerprint density at radius 2 is 1.96 bits per heavy atom. The number of thiophene rings is 1. The molecule has 2 heterocycles. The average Bonchev–Trinajstić information content (AvgIpc) is 3.08. The third-order valence-electron chi connectivity index (χ3n) is 4.20. The zero-order chi connectivity index (χ0) is 20.3. The number of rotatable bonds is 8. The number of hydrogen-bond donors (Lipinski definition) is 1. The van der Waals surface area contributed by atoms with E-state index in [-0.39, 0.29) is 23.7 Å². The molecular formula is C20H20BrN3O3S. The SMILES string of the molecule is CCC(=O)C(Br)C(=O)c1nc2cc(C)sc2nc1NCc1ccc(OC)cc1. The van der Waals surface area contributed by atoms with Gasteiger partial charge in [0.05, 0.1) is 7.11 Å². The highest BCUT2D eigenvalue weighted by atomic mass is 79.9. The van der Waals surface area contributed by atoms with E-state index < -0.39 is 4.83 Å². The molecule has 0 fully saturated rings. The highest BCUT2D eigenvalue weighted by molar-refractivity contribution is 9.10. The van der Waals surface area contributed by atoms with E-state index in [2.05, 4.69) is 31.2 Å². The van der Waals surface area contributed by atoms with Crippen molar-refractivity contribution in [1.82, 2.24) is 9.97 Å². The van der Waals surface area contributed by atoms with E-state index in [1.54, 1.807) is 14.0 Å². The summed E-state index contributed by atoms with van der Waals surface area (Å²) in [4.78, 5) is 34.9. The molecule has 0 aliphatic rings. The van der Waals surface area contributed by atoms with Gasteiger partial charge in [-0.05, 0) is 30.7 Å². The van der Waals surface area contributed by atoms with Crippen molar-refractivity contribution >= 4 is 55.0 Å². The van der Waals surface area contributed by atoms with Gasteiger partial charge in [0.15, 0.2) is 17.3 Å². The van der Waals surface area contributed by atoms with Crippen LogP contribution in [-0.2, 0) is 11.3 Å². The Kier molecular flexibility index (Phi) is 6.41. The van der Waals surface area contributed by atoms with Crippen LogP contribution in [0.2, 0.25) is 0 Å². The monoisotopic (exact) mass is 461 g/mol. The number of halogens is 1. The minimum absolute atomic E-state index is 0.169. The lowest BCUT2D eigenvalue weighted by Crippen LogP contribution is -2.26. The first kappa shape index (κ1) is 20.4. The predicted octanol–water partition coefficient (Wildman–Crippen LogP) is 4.55. The number of Topliss-reactive ketones (excluding diaryl/α,β-unsaturated/α-hetero) is 2. The minimum Gasteiger partial charge on any atom is -0.497 e. The smallest absolute Gasteiger partial charge is 0.206 e. The van der Waals surface area contributed by atoms with E-state index >= 15 is 0 Å². The summed E-state index contributed by atoms with van der Waals surface area (Å²) in [5, 5.41) is 3.20. The second kappa shape index (κ2) is 8.79. The molecule has 2 aromatic heterocycles. The zero-order valence-corrected chi connectivity index (χ0v) is 18.2. The third-order valence-corrected chi connectivity index (χ3v) is 6.06. The summed E-state index contributed by atoms with van der Waals surface area (Å²) in [6.45, 7) is 4.15. The van der Waals surface area contributed by atoms with Gasteiger partial charge in [0.25, 0.3) is 0 Å². The molecule has 0 aliphatic heterocycles. The second-order valence-electron chi connectivity index (χ2n) is 6.22. The number of carbonyl (C=O) groups excluding carboxylic acids is 2. The van der Waals surface area contributed by atoms with E-state index in [1.165, 1.54) is 11.3 Å². The number of benzene rings is 1. The van der Waals surface area contributed by atoms with Gasteiger partial charge in [-0.2, -0.15) is 0 Å². The quantitative estimate of drug-likeness (QED) is 0.301. The number of hydrogen-bond acceptors (Lipinski definition) is 7. The fraction of sp³-hybridized carbons (Fsp3) is 0.300. The summed E-state index contributed by atoms with van der Waals surface area (Å²) in [5.41, 5.74) is 1.83. The normalized spacial score (nSPS) is 12.0. The van der Waals surface area contributed by atoms with Gasteiger partial charge in [0.1, 0.15) is 20.9 Å². The van der Waals surface area contributed by atoms with Crippen LogP contribution >= 0.6 is 27.3 Å². The van der Waals surface area contributed by atoms with Crippen LogP contribution in [0.15, 0.2) is 30.3 Å². The number of aryl methyl sites for hydroxylation is 1. The van der Waals surface area contributed by atoms with Gasteiger partial charge in [-0.15, -0.1) is 11.3 Å². The number of nitrogens with one attached hydrogen (secondary N) is 1. The number of methoxy groups -OCH3 is 1. The Morgan fingerprint density at radius 3 is 2.61 bits per heavy atom. The molecule has 146 valence electrons. The molecule has 0 bridgehead atoms. The largest absolute Gasteiger partial charge is 0.497 e. The molecule has 1 unspecified atom stereocenters. The Labute approximate surface area is 175 Å². The molecule has 0 saturated heterocycles. The Balaban J connectivity index is 1.93.